The van der Waals surface area contributed by atoms with Crippen molar-refractivity contribution in [2.24, 2.45) is 11.7 Å². The molecule has 160 valence electrons. The van der Waals surface area contributed by atoms with Gasteiger partial charge in [-0.15, -0.1) is 0 Å². The van der Waals surface area contributed by atoms with Crippen molar-refractivity contribution < 1.29 is 22.8 Å². The van der Waals surface area contributed by atoms with Gasteiger partial charge in [-0.1, -0.05) is 6.07 Å². The number of hydrogen-bond donors (Lipinski definition) is 2. The van der Waals surface area contributed by atoms with Crippen molar-refractivity contribution in [1.82, 2.24) is 10.2 Å². The van der Waals surface area contributed by atoms with Crippen LogP contribution in [0.3, 0.4) is 0 Å². The Kier molecular flexibility index (Phi) is 6.95. The lowest BCUT2D eigenvalue weighted by molar-refractivity contribution is -0.137. The Hall–Kier alpha value is -1.93. The van der Waals surface area contributed by atoms with Gasteiger partial charge in [-0.25, -0.2) is 0 Å². The minimum atomic E-state index is -4.51. The van der Waals surface area contributed by atoms with E-state index in [-0.39, 0.29) is 23.8 Å². The monoisotopic (exact) mass is 411 g/mol. The Morgan fingerprint density at radius 2 is 1.86 bits per heavy atom. The zero-order chi connectivity index (χ0) is 21.0. The summed E-state index contributed by atoms with van der Waals surface area (Å²) in [4.78, 5) is 26.8. The molecule has 0 bridgehead atoms. The number of halogens is 3. The number of amides is 1. The Balaban J connectivity index is 1.43. The highest BCUT2D eigenvalue weighted by atomic mass is 19.4. The van der Waals surface area contributed by atoms with Crippen LogP contribution >= 0.6 is 0 Å². The van der Waals surface area contributed by atoms with Crippen LogP contribution in [0.25, 0.3) is 0 Å². The van der Waals surface area contributed by atoms with Crippen molar-refractivity contribution >= 4 is 11.7 Å². The van der Waals surface area contributed by atoms with Crippen molar-refractivity contribution in [2.45, 2.75) is 56.8 Å². The van der Waals surface area contributed by atoms with Gasteiger partial charge in [0.2, 0.25) is 0 Å². The molecule has 3 N–H and O–H groups in total. The SMILES string of the molecule is NC1CCC(N2CC[C@@H](CC(=O)CNC(=O)c3cccc(C(F)(F)F)c3)C2)CC1. The topological polar surface area (TPSA) is 75.4 Å². The minimum absolute atomic E-state index is 0.0946. The zero-order valence-corrected chi connectivity index (χ0v) is 16.4. The van der Waals surface area contributed by atoms with Crippen molar-refractivity contribution in [3.05, 3.63) is 35.4 Å². The molecule has 1 aromatic carbocycles. The number of ketones is 1. The van der Waals surface area contributed by atoms with E-state index < -0.39 is 17.6 Å². The molecule has 2 aliphatic rings. The summed E-state index contributed by atoms with van der Waals surface area (Å²) in [6, 6.07) is 5.06. The van der Waals surface area contributed by atoms with E-state index in [1.54, 1.807) is 0 Å². The van der Waals surface area contributed by atoms with Crippen LogP contribution in [-0.2, 0) is 11.0 Å². The van der Waals surface area contributed by atoms with Gasteiger partial charge in [0, 0.05) is 30.6 Å². The molecule has 5 nitrogen and oxygen atoms in total. The molecule has 3 rings (SSSR count). The number of hydrogen-bond acceptors (Lipinski definition) is 4. The molecule has 29 heavy (non-hydrogen) atoms. The van der Waals surface area contributed by atoms with Crippen molar-refractivity contribution in [3.8, 4) is 0 Å². The second kappa shape index (κ2) is 9.26. The molecule has 8 heteroatoms. The molecule has 1 saturated heterocycles. The van der Waals surface area contributed by atoms with E-state index in [1.807, 2.05) is 0 Å². The van der Waals surface area contributed by atoms with Gasteiger partial charge in [0.05, 0.1) is 12.1 Å². The Labute approximate surface area is 168 Å². The fourth-order valence-corrected chi connectivity index (χ4v) is 4.34. The standard InChI is InChI=1S/C21H28F3N3O2/c22-21(23,24)16-3-1-2-15(11-16)20(29)26-12-19(28)10-14-8-9-27(13-14)18-6-4-17(25)5-7-18/h1-3,11,14,17-18H,4-10,12-13,25H2,(H,26,29)/t14-,17?,18?/m0/s1. The van der Waals surface area contributed by atoms with Gasteiger partial charge in [0.15, 0.2) is 5.78 Å². The van der Waals surface area contributed by atoms with Gasteiger partial charge < -0.3 is 16.0 Å². The van der Waals surface area contributed by atoms with Crippen LogP contribution in [-0.4, -0.2) is 48.3 Å². The van der Waals surface area contributed by atoms with Crippen LogP contribution in [0.4, 0.5) is 13.2 Å². The summed E-state index contributed by atoms with van der Waals surface area (Å²) < 4.78 is 38.3. The normalized spacial score (nSPS) is 25.7. The van der Waals surface area contributed by atoms with E-state index in [1.165, 1.54) is 12.1 Å². The van der Waals surface area contributed by atoms with Crippen LogP contribution in [0.1, 0.15) is 54.4 Å². The number of nitrogens with one attached hydrogen (secondary N) is 1. The number of carbonyl (C=O) groups excluding carboxylic acids is 2. The van der Waals surface area contributed by atoms with Crippen LogP contribution < -0.4 is 11.1 Å². The molecule has 0 unspecified atom stereocenters. The smallest absolute Gasteiger partial charge is 0.345 e. The number of nitrogens with two attached hydrogens (primary N) is 1. The van der Waals surface area contributed by atoms with Gasteiger partial charge in [0.25, 0.3) is 5.91 Å². The van der Waals surface area contributed by atoms with Crippen molar-refractivity contribution in [3.63, 3.8) is 0 Å². The number of alkyl halides is 3. The van der Waals surface area contributed by atoms with Crippen molar-refractivity contribution in [1.29, 1.82) is 0 Å². The second-order valence-corrected chi connectivity index (χ2v) is 8.22. The molecule has 0 radical (unpaired) electrons. The maximum absolute atomic E-state index is 12.8. The number of nitrogens with zero attached hydrogens (tertiary/aromatic N) is 1. The zero-order valence-electron chi connectivity index (χ0n) is 16.4. The maximum atomic E-state index is 12.8. The molecule has 1 aromatic rings. The first-order valence-electron chi connectivity index (χ1n) is 10.2. The third-order valence-electron chi connectivity index (χ3n) is 5.99. The fourth-order valence-electron chi connectivity index (χ4n) is 4.34. The van der Waals surface area contributed by atoms with Crippen LogP contribution in [0.15, 0.2) is 24.3 Å². The highest BCUT2D eigenvalue weighted by Gasteiger charge is 2.32. The summed E-state index contributed by atoms with van der Waals surface area (Å²) in [7, 11) is 0. The van der Waals surface area contributed by atoms with Gasteiger partial charge in [-0.3, -0.25) is 9.59 Å². The first kappa shape index (κ1) is 21.8. The lowest BCUT2D eigenvalue weighted by Crippen LogP contribution is -2.39. The van der Waals surface area contributed by atoms with Gasteiger partial charge >= 0.3 is 6.18 Å². The molecular weight excluding hydrogens is 383 g/mol. The molecular formula is C21H28F3N3O2. The third kappa shape index (κ3) is 6.02. The summed E-state index contributed by atoms with van der Waals surface area (Å²) in [6.07, 6.45) is 1.13. The number of benzene rings is 1. The van der Waals surface area contributed by atoms with Gasteiger partial charge in [-0.2, -0.15) is 13.2 Å². The molecule has 0 aromatic heterocycles. The molecule has 1 amide bonds. The predicted octanol–water partition coefficient (Wildman–Crippen LogP) is 2.99. The maximum Gasteiger partial charge on any atom is 0.416 e. The van der Waals surface area contributed by atoms with Gasteiger partial charge in [0.1, 0.15) is 0 Å². The first-order valence-corrected chi connectivity index (χ1v) is 10.2. The van der Waals surface area contributed by atoms with Gasteiger partial charge in [-0.05, 0) is 62.8 Å². The van der Waals surface area contributed by atoms with E-state index in [4.69, 9.17) is 5.73 Å². The molecule has 1 saturated carbocycles. The number of rotatable bonds is 6. The quantitative estimate of drug-likeness (QED) is 0.755. The fraction of sp³-hybridized carbons (Fsp3) is 0.619. The molecule has 2 fully saturated rings. The summed E-state index contributed by atoms with van der Waals surface area (Å²) in [5.41, 5.74) is 4.98. The largest absolute Gasteiger partial charge is 0.416 e. The second-order valence-electron chi connectivity index (χ2n) is 8.22. The molecule has 1 aliphatic heterocycles. The molecule has 1 atom stereocenters. The Bertz CT molecular complexity index is 730. The average Bonchev–Trinajstić information content (AvgIpc) is 3.14. The average molecular weight is 411 g/mol. The van der Waals surface area contributed by atoms with Crippen LogP contribution in [0.2, 0.25) is 0 Å². The molecule has 1 heterocycles. The summed E-state index contributed by atoms with van der Waals surface area (Å²) in [5.74, 6) is -0.498. The van der Waals surface area contributed by atoms with E-state index in [0.717, 1.165) is 57.3 Å². The highest BCUT2D eigenvalue weighted by molar-refractivity contribution is 5.96. The molecule has 1 aliphatic carbocycles. The third-order valence-corrected chi connectivity index (χ3v) is 5.99. The van der Waals surface area contributed by atoms with Crippen LogP contribution in [0.5, 0.6) is 0 Å². The van der Waals surface area contributed by atoms with E-state index in [2.05, 4.69) is 10.2 Å². The first-order chi connectivity index (χ1) is 13.7. The Morgan fingerprint density at radius 3 is 2.55 bits per heavy atom. The Morgan fingerprint density at radius 1 is 1.14 bits per heavy atom. The van der Waals surface area contributed by atoms with Crippen LogP contribution in [0, 0.1) is 5.92 Å². The number of carbonyl (C=O) groups is 2. The minimum Gasteiger partial charge on any atom is -0.345 e. The lowest BCUT2D eigenvalue weighted by Gasteiger charge is -2.33. The molecule has 0 spiro atoms. The summed E-state index contributed by atoms with van der Waals surface area (Å²) >= 11 is 0. The summed E-state index contributed by atoms with van der Waals surface area (Å²) in [6.45, 7) is 1.70. The van der Waals surface area contributed by atoms with E-state index >= 15 is 0 Å². The lowest BCUT2D eigenvalue weighted by atomic mass is 9.91. The highest BCUT2D eigenvalue weighted by Crippen LogP contribution is 2.30. The summed E-state index contributed by atoms with van der Waals surface area (Å²) in [5, 5.41) is 2.45. The van der Waals surface area contributed by atoms with Crippen molar-refractivity contribution in [2.75, 3.05) is 19.6 Å². The number of likely N-dealkylation sites (tertiary alicyclic amines) is 1. The predicted molar refractivity (Wildman–Crippen MR) is 103 cm³/mol. The van der Waals surface area contributed by atoms with E-state index in [9.17, 15) is 22.8 Å². The number of Topliss-reactive ketones (excluding diaryl/α,β-unsaturated/α-hetero) is 1. The van der Waals surface area contributed by atoms with E-state index in [0.29, 0.717) is 18.5 Å².